The molecule has 0 aromatic heterocycles. The Morgan fingerprint density at radius 1 is 1.22 bits per heavy atom. The number of amides is 1. The third kappa shape index (κ3) is 3.82. The molecule has 0 radical (unpaired) electrons. The maximum atomic E-state index is 12.5. The van der Waals surface area contributed by atoms with Crippen LogP contribution < -0.4 is 5.01 Å². The Hall–Kier alpha value is -2.82. The first-order chi connectivity index (χ1) is 12.7. The summed E-state index contributed by atoms with van der Waals surface area (Å²) in [6.45, 7) is 1.59. The molecule has 0 saturated heterocycles. The summed E-state index contributed by atoms with van der Waals surface area (Å²) in [6.07, 6.45) is 0. The molecule has 27 heavy (non-hydrogen) atoms. The summed E-state index contributed by atoms with van der Waals surface area (Å²) in [5.74, 6) is -1.29. The van der Waals surface area contributed by atoms with Crippen molar-refractivity contribution in [3.8, 4) is 5.75 Å². The number of aromatic hydroxyl groups is 1. The van der Waals surface area contributed by atoms with Crippen LogP contribution in [0.2, 0.25) is 5.02 Å². The number of para-hydroxylation sites is 1. The zero-order valence-electron chi connectivity index (χ0n) is 13.8. The fraction of sp³-hybridized carbons (Fsp3) is 0.125. The molecule has 11 heteroatoms. The molecule has 0 saturated carbocycles. The van der Waals surface area contributed by atoms with Crippen LogP contribution >= 0.6 is 11.6 Å². The second-order valence-electron chi connectivity index (χ2n) is 5.59. The Kier molecular flexibility index (Phi) is 4.96. The lowest BCUT2D eigenvalue weighted by Gasteiger charge is -2.12. The number of halogens is 1. The number of phenolic OH excluding ortho intramolecular Hbond substituents is 1. The molecule has 1 heterocycles. The second kappa shape index (κ2) is 7.06. The molecule has 2 aromatic carbocycles. The molecule has 0 bridgehead atoms. The molecule has 1 aliphatic rings. The number of azo groups is 1. The van der Waals surface area contributed by atoms with Gasteiger partial charge in [0.1, 0.15) is 10.6 Å². The molecule has 1 amide bonds. The third-order valence-corrected chi connectivity index (χ3v) is 4.76. The van der Waals surface area contributed by atoms with Crippen molar-refractivity contribution in [2.45, 2.75) is 17.9 Å². The first-order valence-electron chi connectivity index (χ1n) is 7.53. The van der Waals surface area contributed by atoms with E-state index >= 15 is 0 Å². The molecule has 9 nitrogen and oxygen atoms in total. The summed E-state index contributed by atoms with van der Waals surface area (Å²) in [4.78, 5) is 11.7. The van der Waals surface area contributed by atoms with Crippen molar-refractivity contribution in [1.82, 2.24) is 0 Å². The van der Waals surface area contributed by atoms with Gasteiger partial charge in [-0.3, -0.25) is 9.35 Å². The normalized spacial score (nSPS) is 17.6. The summed E-state index contributed by atoms with van der Waals surface area (Å²) >= 11 is 5.80. The Bertz CT molecular complexity index is 1070. The highest BCUT2D eigenvalue weighted by molar-refractivity contribution is 7.86. The topological polar surface area (TPSA) is 132 Å². The third-order valence-electron chi connectivity index (χ3n) is 3.68. The van der Waals surface area contributed by atoms with Crippen molar-refractivity contribution in [2.24, 2.45) is 15.3 Å². The van der Waals surface area contributed by atoms with Gasteiger partial charge < -0.3 is 5.11 Å². The van der Waals surface area contributed by atoms with Gasteiger partial charge in [0.05, 0.1) is 11.4 Å². The number of hydrogen-bond acceptors (Lipinski definition) is 7. The van der Waals surface area contributed by atoms with Crippen LogP contribution in [0.5, 0.6) is 5.75 Å². The van der Waals surface area contributed by atoms with Crippen molar-refractivity contribution < 1.29 is 22.9 Å². The quantitative estimate of drug-likeness (QED) is 0.592. The van der Waals surface area contributed by atoms with E-state index in [0.717, 1.165) is 12.1 Å². The summed E-state index contributed by atoms with van der Waals surface area (Å²) in [5.41, 5.74) is 0.608. The minimum atomic E-state index is -4.72. The molecule has 3 rings (SSSR count). The van der Waals surface area contributed by atoms with E-state index in [4.69, 9.17) is 16.2 Å². The Morgan fingerprint density at radius 3 is 2.52 bits per heavy atom. The predicted octanol–water partition coefficient (Wildman–Crippen LogP) is 3.17. The minimum absolute atomic E-state index is 0.0941. The standard InChI is InChI=1S/C16H13ClN4O5S/c1-9-14(16(23)21(20-9)11-5-3-2-4-6-11)19-18-12-7-10(17)8-13(15(12)22)27(24,25)26/h2-8,14,22H,1H3,(H,24,25,26)/t14-/m1/s1. The maximum Gasteiger partial charge on any atom is 0.298 e. The van der Waals surface area contributed by atoms with Crippen LogP contribution in [0.1, 0.15) is 6.92 Å². The number of hydrazone groups is 1. The van der Waals surface area contributed by atoms with Gasteiger partial charge in [0, 0.05) is 5.02 Å². The molecule has 1 atom stereocenters. The molecule has 0 aliphatic carbocycles. The van der Waals surface area contributed by atoms with Crippen molar-refractivity contribution in [2.75, 3.05) is 5.01 Å². The lowest BCUT2D eigenvalue weighted by atomic mass is 10.2. The Morgan fingerprint density at radius 2 is 1.89 bits per heavy atom. The van der Waals surface area contributed by atoms with E-state index in [-0.39, 0.29) is 10.7 Å². The van der Waals surface area contributed by atoms with Crippen LogP contribution in [-0.2, 0) is 14.9 Å². The summed E-state index contributed by atoms with van der Waals surface area (Å²) in [7, 11) is -4.72. The van der Waals surface area contributed by atoms with Crippen molar-refractivity contribution >= 4 is 44.7 Å². The Labute approximate surface area is 159 Å². The highest BCUT2D eigenvalue weighted by atomic mass is 35.5. The largest absolute Gasteiger partial charge is 0.504 e. The van der Waals surface area contributed by atoms with Crippen molar-refractivity contribution in [1.29, 1.82) is 0 Å². The average molecular weight is 409 g/mol. The Balaban J connectivity index is 1.93. The van der Waals surface area contributed by atoms with E-state index in [0.29, 0.717) is 11.4 Å². The highest BCUT2D eigenvalue weighted by Gasteiger charge is 2.34. The molecule has 140 valence electrons. The lowest BCUT2D eigenvalue weighted by molar-refractivity contribution is -0.117. The van der Waals surface area contributed by atoms with Crippen LogP contribution in [-0.4, -0.2) is 35.7 Å². The van der Waals surface area contributed by atoms with E-state index in [1.807, 2.05) is 0 Å². The van der Waals surface area contributed by atoms with Gasteiger partial charge in [0.2, 0.25) is 0 Å². The molecule has 0 unspecified atom stereocenters. The van der Waals surface area contributed by atoms with Gasteiger partial charge in [-0.25, -0.2) is 0 Å². The van der Waals surface area contributed by atoms with Crippen LogP contribution in [0, 0.1) is 0 Å². The van der Waals surface area contributed by atoms with E-state index in [9.17, 15) is 18.3 Å². The number of benzene rings is 2. The van der Waals surface area contributed by atoms with Gasteiger partial charge in [-0.2, -0.15) is 28.8 Å². The average Bonchev–Trinajstić information content (AvgIpc) is 2.89. The van der Waals surface area contributed by atoms with Gasteiger partial charge in [-0.15, -0.1) is 0 Å². The summed E-state index contributed by atoms with van der Waals surface area (Å²) in [5, 5.41) is 22.8. The fourth-order valence-electron chi connectivity index (χ4n) is 2.40. The van der Waals surface area contributed by atoms with Gasteiger partial charge in [0.15, 0.2) is 11.8 Å². The lowest BCUT2D eigenvalue weighted by Crippen LogP contribution is -2.29. The van der Waals surface area contributed by atoms with Gasteiger partial charge >= 0.3 is 0 Å². The molecule has 2 aromatic rings. The maximum absolute atomic E-state index is 12.5. The van der Waals surface area contributed by atoms with Crippen LogP contribution in [0.3, 0.4) is 0 Å². The highest BCUT2D eigenvalue weighted by Crippen LogP contribution is 2.37. The molecule has 1 aliphatic heterocycles. The molecular formula is C16H13ClN4O5S. The number of phenols is 1. The molecule has 2 N–H and O–H groups in total. The monoisotopic (exact) mass is 408 g/mol. The SMILES string of the molecule is CC1=NN(c2ccccc2)C(=O)[C@@H]1N=Nc1cc(Cl)cc(S(=O)(=O)O)c1O. The molecule has 0 fully saturated rings. The number of rotatable bonds is 4. The molecule has 0 spiro atoms. The number of hydrogen-bond donors (Lipinski definition) is 2. The zero-order valence-corrected chi connectivity index (χ0v) is 15.4. The first kappa shape index (κ1) is 19.0. The van der Waals surface area contributed by atoms with Crippen LogP contribution in [0.4, 0.5) is 11.4 Å². The smallest absolute Gasteiger partial charge is 0.298 e. The zero-order chi connectivity index (χ0) is 19.8. The van der Waals surface area contributed by atoms with Crippen LogP contribution in [0.25, 0.3) is 0 Å². The van der Waals surface area contributed by atoms with Gasteiger partial charge in [0.25, 0.3) is 16.0 Å². The number of carbonyl (C=O) groups is 1. The fourth-order valence-corrected chi connectivity index (χ4v) is 3.30. The van der Waals surface area contributed by atoms with E-state index < -0.39 is 32.7 Å². The minimum Gasteiger partial charge on any atom is -0.504 e. The van der Waals surface area contributed by atoms with E-state index in [1.54, 1.807) is 37.3 Å². The summed E-state index contributed by atoms with van der Waals surface area (Å²) in [6, 6.07) is 9.69. The van der Waals surface area contributed by atoms with E-state index in [1.165, 1.54) is 5.01 Å². The number of nitrogens with zero attached hydrogens (tertiary/aromatic N) is 4. The number of carbonyl (C=O) groups excluding carboxylic acids is 1. The second-order valence-corrected chi connectivity index (χ2v) is 7.42. The number of anilines is 1. The molecular weight excluding hydrogens is 396 g/mol. The first-order valence-corrected chi connectivity index (χ1v) is 9.35. The van der Waals surface area contributed by atoms with Crippen molar-refractivity contribution in [3.05, 3.63) is 47.5 Å². The van der Waals surface area contributed by atoms with Gasteiger partial charge in [-0.1, -0.05) is 29.8 Å². The van der Waals surface area contributed by atoms with E-state index in [2.05, 4.69) is 15.3 Å². The van der Waals surface area contributed by atoms with Gasteiger partial charge in [-0.05, 0) is 31.2 Å². The summed E-state index contributed by atoms with van der Waals surface area (Å²) < 4.78 is 31.8. The van der Waals surface area contributed by atoms with Crippen LogP contribution in [0.15, 0.2) is 62.7 Å². The van der Waals surface area contributed by atoms with Crippen molar-refractivity contribution in [3.63, 3.8) is 0 Å². The predicted molar refractivity (Wildman–Crippen MR) is 98.3 cm³/mol.